The molecule has 0 rings (SSSR count). The van der Waals surface area contributed by atoms with Gasteiger partial charge in [0, 0.05) is 0 Å². The topological polar surface area (TPSA) is 63.3 Å². The Morgan fingerprint density at radius 1 is 1.60 bits per heavy atom. The lowest BCUT2D eigenvalue weighted by molar-refractivity contribution is -0.143. The Morgan fingerprint density at radius 3 is 2.20 bits per heavy atom. The molecule has 0 aliphatic carbocycles. The number of carboxylic acids is 1. The van der Waals surface area contributed by atoms with Crippen LogP contribution >= 0.6 is 0 Å². The molecule has 3 heteroatoms. The fraction of sp³-hybridized carbons (Fsp3) is 0.857. The third kappa shape index (κ3) is 2.82. The monoisotopic (exact) mass is 145 g/mol. The molecule has 3 N–H and O–H groups in total. The highest BCUT2D eigenvalue weighted by molar-refractivity contribution is 5.70. The zero-order valence-corrected chi connectivity index (χ0v) is 6.50. The van der Waals surface area contributed by atoms with Crippen molar-refractivity contribution in [1.82, 2.24) is 0 Å². The number of carboxylic acid groups (broad SMARTS) is 1. The molecule has 0 spiro atoms. The predicted molar refractivity (Wildman–Crippen MR) is 39.6 cm³/mol. The molecule has 0 saturated carbocycles. The molecule has 0 aromatic rings. The van der Waals surface area contributed by atoms with Gasteiger partial charge in [0.15, 0.2) is 0 Å². The van der Waals surface area contributed by atoms with E-state index in [2.05, 4.69) is 0 Å². The van der Waals surface area contributed by atoms with E-state index in [0.717, 1.165) is 0 Å². The maximum Gasteiger partial charge on any atom is 0.306 e. The molecule has 0 aromatic heterocycles. The number of rotatable bonds is 4. The number of carbonyl (C=O) groups is 1. The normalized spacial score (nSPS) is 13.6. The minimum Gasteiger partial charge on any atom is -0.481 e. The van der Waals surface area contributed by atoms with Crippen LogP contribution in [0.1, 0.15) is 20.3 Å². The van der Waals surface area contributed by atoms with E-state index in [1.165, 1.54) is 0 Å². The Kier molecular flexibility index (Phi) is 4.03. The van der Waals surface area contributed by atoms with Gasteiger partial charge >= 0.3 is 5.97 Å². The Labute approximate surface area is 61.2 Å². The fourth-order valence-electron chi connectivity index (χ4n) is 0.922. The Balaban J connectivity index is 3.85. The highest BCUT2D eigenvalue weighted by Gasteiger charge is 2.19. The van der Waals surface area contributed by atoms with E-state index < -0.39 is 5.97 Å². The van der Waals surface area contributed by atoms with Gasteiger partial charge < -0.3 is 10.8 Å². The quantitative estimate of drug-likeness (QED) is 0.611. The van der Waals surface area contributed by atoms with Crippen molar-refractivity contribution >= 4 is 5.97 Å². The van der Waals surface area contributed by atoms with Crippen LogP contribution in [0, 0.1) is 11.8 Å². The average Bonchev–Trinajstić information content (AvgIpc) is 1.81. The van der Waals surface area contributed by atoms with Crippen LogP contribution < -0.4 is 5.73 Å². The van der Waals surface area contributed by atoms with Crippen LogP contribution in [0.4, 0.5) is 0 Å². The second kappa shape index (κ2) is 4.28. The van der Waals surface area contributed by atoms with Crippen molar-refractivity contribution < 1.29 is 9.90 Å². The highest BCUT2D eigenvalue weighted by atomic mass is 16.4. The van der Waals surface area contributed by atoms with E-state index in [1.54, 1.807) is 0 Å². The van der Waals surface area contributed by atoms with Gasteiger partial charge in [0.2, 0.25) is 0 Å². The van der Waals surface area contributed by atoms with E-state index >= 15 is 0 Å². The predicted octanol–water partition coefficient (Wildman–Crippen LogP) is 0.692. The van der Waals surface area contributed by atoms with E-state index in [-0.39, 0.29) is 11.8 Å². The van der Waals surface area contributed by atoms with E-state index in [1.807, 2.05) is 13.8 Å². The van der Waals surface area contributed by atoms with Crippen LogP contribution in [-0.2, 0) is 4.79 Å². The summed E-state index contributed by atoms with van der Waals surface area (Å²) in [6.45, 7) is 4.25. The zero-order valence-electron chi connectivity index (χ0n) is 6.50. The van der Waals surface area contributed by atoms with Gasteiger partial charge in [-0.25, -0.2) is 0 Å². The number of hydrogen-bond acceptors (Lipinski definition) is 2. The molecule has 3 nitrogen and oxygen atoms in total. The molecule has 60 valence electrons. The van der Waals surface area contributed by atoms with Gasteiger partial charge in [-0.15, -0.1) is 0 Å². The summed E-state index contributed by atoms with van der Waals surface area (Å²) in [6, 6.07) is 0. The molecule has 0 radical (unpaired) electrons. The first-order valence-corrected chi connectivity index (χ1v) is 3.52. The van der Waals surface area contributed by atoms with E-state index in [9.17, 15) is 4.79 Å². The van der Waals surface area contributed by atoms with Crippen molar-refractivity contribution in [2.75, 3.05) is 6.54 Å². The summed E-state index contributed by atoms with van der Waals surface area (Å²) < 4.78 is 0. The number of aliphatic carboxylic acids is 1. The molecular weight excluding hydrogens is 130 g/mol. The summed E-state index contributed by atoms with van der Waals surface area (Å²) in [7, 11) is 0. The standard InChI is InChI=1S/C7H15NO2/c1-5(2)6(3-4-8)7(9)10/h5-6H,3-4,8H2,1-2H3,(H,9,10). The Bertz CT molecular complexity index is 112. The van der Waals surface area contributed by atoms with Crippen LogP contribution in [-0.4, -0.2) is 17.6 Å². The van der Waals surface area contributed by atoms with Crippen LogP contribution in [0.2, 0.25) is 0 Å². The molecule has 1 unspecified atom stereocenters. The maximum absolute atomic E-state index is 10.5. The lowest BCUT2D eigenvalue weighted by atomic mass is 9.93. The third-order valence-corrected chi connectivity index (χ3v) is 1.60. The summed E-state index contributed by atoms with van der Waals surface area (Å²) in [5.41, 5.74) is 5.24. The van der Waals surface area contributed by atoms with Crippen molar-refractivity contribution in [2.24, 2.45) is 17.6 Å². The van der Waals surface area contributed by atoms with Gasteiger partial charge in [-0.05, 0) is 18.9 Å². The third-order valence-electron chi connectivity index (χ3n) is 1.60. The molecule has 1 atom stereocenters. The van der Waals surface area contributed by atoms with Gasteiger partial charge in [-0.3, -0.25) is 4.79 Å². The van der Waals surface area contributed by atoms with Crippen LogP contribution in [0.3, 0.4) is 0 Å². The molecule has 0 heterocycles. The van der Waals surface area contributed by atoms with Crippen molar-refractivity contribution in [1.29, 1.82) is 0 Å². The zero-order chi connectivity index (χ0) is 8.15. The lowest BCUT2D eigenvalue weighted by Crippen LogP contribution is -2.22. The van der Waals surface area contributed by atoms with Gasteiger partial charge in [0.25, 0.3) is 0 Å². The van der Waals surface area contributed by atoms with Crippen LogP contribution in [0.5, 0.6) is 0 Å². The van der Waals surface area contributed by atoms with Crippen LogP contribution in [0.15, 0.2) is 0 Å². The molecular formula is C7H15NO2. The molecule has 10 heavy (non-hydrogen) atoms. The second-order valence-corrected chi connectivity index (χ2v) is 2.77. The lowest BCUT2D eigenvalue weighted by Gasteiger charge is -2.13. The SMILES string of the molecule is CC(C)C(CCN)C(=O)O. The van der Waals surface area contributed by atoms with Gasteiger partial charge in [-0.2, -0.15) is 0 Å². The van der Waals surface area contributed by atoms with Crippen molar-refractivity contribution in [3.05, 3.63) is 0 Å². The first-order valence-electron chi connectivity index (χ1n) is 3.52. The average molecular weight is 145 g/mol. The summed E-state index contributed by atoms with van der Waals surface area (Å²) in [4.78, 5) is 10.5. The Hall–Kier alpha value is -0.570. The summed E-state index contributed by atoms with van der Waals surface area (Å²) in [6.07, 6.45) is 0.576. The highest BCUT2D eigenvalue weighted by Crippen LogP contribution is 2.13. The largest absolute Gasteiger partial charge is 0.481 e. The molecule has 0 aliphatic heterocycles. The number of nitrogens with two attached hydrogens (primary N) is 1. The minimum absolute atomic E-state index is 0.182. The van der Waals surface area contributed by atoms with Crippen molar-refractivity contribution in [3.63, 3.8) is 0 Å². The smallest absolute Gasteiger partial charge is 0.306 e. The van der Waals surface area contributed by atoms with E-state index in [4.69, 9.17) is 10.8 Å². The molecule has 0 saturated heterocycles. The van der Waals surface area contributed by atoms with Crippen molar-refractivity contribution in [2.45, 2.75) is 20.3 Å². The number of hydrogen-bond donors (Lipinski definition) is 2. The maximum atomic E-state index is 10.5. The van der Waals surface area contributed by atoms with E-state index in [0.29, 0.717) is 13.0 Å². The van der Waals surface area contributed by atoms with Crippen molar-refractivity contribution in [3.8, 4) is 0 Å². The molecule has 0 amide bonds. The molecule has 0 bridgehead atoms. The molecule has 0 fully saturated rings. The summed E-state index contributed by atoms with van der Waals surface area (Å²) in [5.74, 6) is -0.827. The van der Waals surface area contributed by atoms with Gasteiger partial charge in [0.05, 0.1) is 5.92 Å². The Morgan fingerprint density at radius 2 is 2.10 bits per heavy atom. The minimum atomic E-state index is -0.736. The molecule has 0 aliphatic rings. The van der Waals surface area contributed by atoms with Crippen LogP contribution in [0.25, 0.3) is 0 Å². The summed E-state index contributed by atoms with van der Waals surface area (Å²) >= 11 is 0. The first-order chi connectivity index (χ1) is 4.59. The summed E-state index contributed by atoms with van der Waals surface area (Å²) in [5, 5.41) is 8.62. The van der Waals surface area contributed by atoms with Gasteiger partial charge in [-0.1, -0.05) is 13.8 Å². The molecule has 0 aromatic carbocycles. The second-order valence-electron chi connectivity index (χ2n) is 2.77. The fourth-order valence-corrected chi connectivity index (χ4v) is 0.922. The van der Waals surface area contributed by atoms with Gasteiger partial charge in [0.1, 0.15) is 0 Å². The first kappa shape index (κ1) is 9.43.